The number of halogens is 3. The van der Waals surface area contributed by atoms with Crippen LogP contribution in [0, 0.1) is 0 Å². The molecule has 22 heavy (non-hydrogen) atoms. The molecule has 0 aliphatic heterocycles. The number of alkyl halides is 3. The van der Waals surface area contributed by atoms with Crippen LogP contribution in [-0.4, -0.2) is 21.2 Å². The molecule has 0 unspecified atom stereocenters. The summed E-state index contributed by atoms with van der Waals surface area (Å²) in [5, 5.41) is 20.6. The minimum Gasteiger partial charge on any atom is -0.503 e. The Kier molecular flexibility index (Phi) is 3.81. The predicted octanol–water partition coefficient (Wildman–Crippen LogP) is 2.54. The van der Waals surface area contributed by atoms with Crippen LogP contribution in [0.15, 0.2) is 35.1 Å². The zero-order valence-electron chi connectivity index (χ0n) is 10.7. The van der Waals surface area contributed by atoms with Gasteiger partial charge in [-0.3, -0.25) is 4.79 Å². The maximum absolute atomic E-state index is 12.6. The zero-order valence-corrected chi connectivity index (χ0v) is 10.7. The van der Waals surface area contributed by atoms with E-state index in [1.54, 1.807) is 0 Å². The van der Waals surface area contributed by atoms with Crippen LogP contribution < -0.4 is 10.9 Å². The number of H-pyrrole nitrogens is 1. The van der Waals surface area contributed by atoms with E-state index in [-0.39, 0.29) is 11.5 Å². The molecule has 0 saturated heterocycles. The Morgan fingerprint density at radius 1 is 1.23 bits per heavy atom. The number of benzene rings is 1. The third-order valence-electron chi connectivity index (χ3n) is 2.71. The predicted molar refractivity (Wildman–Crippen MR) is 70.4 cm³/mol. The second-order valence-corrected chi connectivity index (χ2v) is 4.28. The van der Waals surface area contributed by atoms with Gasteiger partial charge in [0.2, 0.25) is 0 Å². The van der Waals surface area contributed by atoms with Gasteiger partial charge in [-0.15, -0.1) is 0 Å². The zero-order chi connectivity index (χ0) is 16.5. The number of aromatic hydroxyl groups is 1. The summed E-state index contributed by atoms with van der Waals surface area (Å²) in [6.45, 7) is 0. The van der Waals surface area contributed by atoms with Gasteiger partial charge in [-0.1, -0.05) is 6.07 Å². The first kappa shape index (κ1) is 15.4. The van der Waals surface area contributed by atoms with Crippen molar-refractivity contribution in [3.63, 3.8) is 0 Å². The molecule has 0 amide bonds. The van der Waals surface area contributed by atoms with Gasteiger partial charge < -0.3 is 20.5 Å². The van der Waals surface area contributed by atoms with Crippen LogP contribution in [0.4, 0.5) is 24.7 Å². The molecule has 0 atom stereocenters. The number of aromatic nitrogens is 1. The standard InChI is InChI=1S/C13H9F3N2O4/c14-13(15,16)6-2-1-3-7(4-6)17-10-8(12(21)22)5-9(19)11(20)18-10/h1-5,19H,(H,21,22)(H2,17,18,20). The number of carbonyl (C=O) groups is 1. The molecule has 0 aliphatic carbocycles. The average molecular weight is 314 g/mol. The van der Waals surface area contributed by atoms with Crippen molar-refractivity contribution in [1.29, 1.82) is 0 Å². The smallest absolute Gasteiger partial charge is 0.416 e. The van der Waals surface area contributed by atoms with Crippen LogP contribution in [0.5, 0.6) is 5.75 Å². The summed E-state index contributed by atoms with van der Waals surface area (Å²) in [5.74, 6) is -2.62. The number of hydrogen-bond acceptors (Lipinski definition) is 4. The van der Waals surface area contributed by atoms with Gasteiger partial charge in [0.15, 0.2) is 5.75 Å². The van der Waals surface area contributed by atoms with Crippen molar-refractivity contribution in [1.82, 2.24) is 4.98 Å². The van der Waals surface area contributed by atoms with E-state index < -0.39 is 34.6 Å². The molecule has 0 bridgehead atoms. The van der Waals surface area contributed by atoms with E-state index in [0.29, 0.717) is 6.07 Å². The Labute approximate surface area is 120 Å². The summed E-state index contributed by atoms with van der Waals surface area (Å²) in [6, 6.07) is 4.72. The van der Waals surface area contributed by atoms with Crippen LogP contribution >= 0.6 is 0 Å². The molecule has 2 rings (SSSR count). The molecule has 0 fully saturated rings. The Hall–Kier alpha value is -2.97. The second-order valence-electron chi connectivity index (χ2n) is 4.28. The van der Waals surface area contributed by atoms with E-state index >= 15 is 0 Å². The van der Waals surface area contributed by atoms with Gasteiger partial charge in [-0.05, 0) is 18.2 Å². The summed E-state index contributed by atoms with van der Waals surface area (Å²) >= 11 is 0. The quantitative estimate of drug-likeness (QED) is 0.697. The third-order valence-corrected chi connectivity index (χ3v) is 2.71. The number of aromatic carboxylic acids is 1. The lowest BCUT2D eigenvalue weighted by atomic mass is 10.2. The van der Waals surface area contributed by atoms with Gasteiger partial charge in [0, 0.05) is 11.8 Å². The van der Waals surface area contributed by atoms with Gasteiger partial charge in [-0.25, -0.2) is 4.79 Å². The largest absolute Gasteiger partial charge is 0.503 e. The highest BCUT2D eigenvalue weighted by molar-refractivity contribution is 5.94. The normalized spacial score (nSPS) is 11.2. The summed E-state index contributed by atoms with van der Waals surface area (Å²) < 4.78 is 37.9. The van der Waals surface area contributed by atoms with Crippen molar-refractivity contribution in [3.8, 4) is 5.75 Å². The molecular formula is C13H9F3N2O4. The number of carboxylic acid groups (broad SMARTS) is 1. The number of hydrogen-bond donors (Lipinski definition) is 4. The number of nitrogens with one attached hydrogen (secondary N) is 2. The van der Waals surface area contributed by atoms with Gasteiger partial charge in [0.05, 0.1) is 5.56 Å². The van der Waals surface area contributed by atoms with E-state index in [4.69, 9.17) is 5.11 Å². The number of rotatable bonds is 3. The third kappa shape index (κ3) is 3.19. The second kappa shape index (κ2) is 5.43. The first-order chi connectivity index (χ1) is 10.2. The minimum atomic E-state index is -4.56. The van der Waals surface area contributed by atoms with Crippen molar-refractivity contribution in [3.05, 3.63) is 51.8 Å². The Balaban J connectivity index is 2.45. The molecule has 1 aromatic heterocycles. The molecule has 4 N–H and O–H groups in total. The van der Waals surface area contributed by atoms with Gasteiger partial charge in [0.25, 0.3) is 5.56 Å². The Morgan fingerprint density at radius 3 is 2.50 bits per heavy atom. The number of aromatic amines is 1. The number of anilines is 2. The van der Waals surface area contributed by atoms with Crippen LogP contribution in [0.2, 0.25) is 0 Å². The Bertz CT molecular complexity index is 784. The summed E-state index contributed by atoms with van der Waals surface area (Å²) in [6.07, 6.45) is -4.56. The molecule has 6 nitrogen and oxygen atoms in total. The van der Waals surface area contributed by atoms with Crippen LogP contribution in [0.3, 0.4) is 0 Å². The molecule has 0 saturated carbocycles. The SMILES string of the molecule is O=C(O)c1cc(O)c(=O)[nH]c1Nc1cccc(C(F)(F)F)c1. The summed E-state index contributed by atoms with van der Waals surface area (Å²) in [7, 11) is 0. The topological polar surface area (TPSA) is 102 Å². The first-order valence-electron chi connectivity index (χ1n) is 5.82. The van der Waals surface area contributed by atoms with Crippen molar-refractivity contribution in [2.45, 2.75) is 6.18 Å². The minimum absolute atomic E-state index is 0.0707. The fourth-order valence-electron chi connectivity index (χ4n) is 1.70. The maximum Gasteiger partial charge on any atom is 0.416 e. The van der Waals surface area contributed by atoms with E-state index in [1.165, 1.54) is 6.07 Å². The monoisotopic (exact) mass is 314 g/mol. The highest BCUT2D eigenvalue weighted by Crippen LogP contribution is 2.31. The molecule has 0 radical (unpaired) electrons. The van der Waals surface area contributed by atoms with E-state index in [9.17, 15) is 27.9 Å². The van der Waals surface area contributed by atoms with Crippen molar-refractivity contribution >= 4 is 17.5 Å². The fraction of sp³-hybridized carbons (Fsp3) is 0.0769. The lowest BCUT2D eigenvalue weighted by Gasteiger charge is -2.12. The highest BCUT2D eigenvalue weighted by atomic mass is 19.4. The van der Waals surface area contributed by atoms with E-state index in [0.717, 1.165) is 18.2 Å². The van der Waals surface area contributed by atoms with Crippen LogP contribution in [0.1, 0.15) is 15.9 Å². The van der Waals surface area contributed by atoms with E-state index in [2.05, 4.69) is 10.3 Å². The average Bonchev–Trinajstić information content (AvgIpc) is 2.41. The maximum atomic E-state index is 12.6. The summed E-state index contributed by atoms with van der Waals surface area (Å²) in [4.78, 5) is 24.4. The van der Waals surface area contributed by atoms with Gasteiger partial charge in [-0.2, -0.15) is 13.2 Å². The lowest BCUT2D eigenvalue weighted by molar-refractivity contribution is -0.137. The van der Waals surface area contributed by atoms with E-state index in [1.807, 2.05) is 0 Å². The van der Waals surface area contributed by atoms with Crippen LogP contribution in [0.25, 0.3) is 0 Å². The van der Waals surface area contributed by atoms with Gasteiger partial charge in [0.1, 0.15) is 11.4 Å². The first-order valence-corrected chi connectivity index (χ1v) is 5.82. The van der Waals surface area contributed by atoms with Gasteiger partial charge >= 0.3 is 12.1 Å². The molecule has 116 valence electrons. The number of pyridine rings is 1. The fourth-order valence-corrected chi connectivity index (χ4v) is 1.70. The van der Waals surface area contributed by atoms with Crippen molar-refractivity contribution < 1.29 is 28.2 Å². The molecule has 0 spiro atoms. The molecule has 1 heterocycles. The lowest BCUT2D eigenvalue weighted by Crippen LogP contribution is -2.14. The van der Waals surface area contributed by atoms with Crippen LogP contribution in [-0.2, 0) is 6.18 Å². The Morgan fingerprint density at radius 2 is 1.91 bits per heavy atom. The summed E-state index contributed by atoms with van der Waals surface area (Å²) in [5.41, 5.74) is -2.47. The van der Waals surface area contributed by atoms with Crippen molar-refractivity contribution in [2.75, 3.05) is 5.32 Å². The number of carboxylic acids is 1. The molecule has 0 aliphatic rings. The molecule has 9 heteroatoms. The highest BCUT2D eigenvalue weighted by Gasteiger charge is 2.30. The van der Waals surface area contributed by atoms with Crippen molar-refractivity contribution in [2.24, 2.45) is 0 Å². The molecule has 2 aromatic rings. The molecule has 1 aromatic carbocycles. The molecular weight excluding hydrogens is 305 g/mol.